The molecule has 4 nitrogen and oxygen atoms in total. The van der Waals surface area contributed by atoms with Gasteiger partial charge in [-0.2, -0.15) is 5.26 Å². The number of aryl methyl sites for hydroxylation is 1. The van der Waals surface area contributed by atoms with Gasteiger partial charge in [-0.25, -0.2) is 0 Å². The quantitative estimate of drug-likeness (QED) is 0.573. The van der Waals surface area contributed by atoms with Crippen LogP contribution in [0.4, 0.5) is 5.69 Å². The van der Waals surface area contributed by atoms with Gasteiger partial charge in [-0.1, -0.05) is 48.5 Å². The maximum absolute atomic E-state index is 10.3. The number of hydrogen-bond donors (Lipinski definition) is 2. The third kappa shape index (κ3) is 3.79. The molecular weight excluding hydrogens is 348 g/mol. The summed E-state index contributed by atoms with van der Waals surface area (Å²) in [5, 5.41) is 24.0. The van der Waals surface area contributed by atoms with E-state index < -0.39 is 5.41 Å². The summed E-state index contributed by atoms with van der Waals surface area (Å²) in [5.74, 6) is 0.895. The minimum absolute atomic E-state index is 0.154. The summed E-state index contributed by atoms with van der Waals surface area (Å²) in [6.07, 6.45) is 0. The molecule has 4 heteroatoms. The maximum atomic E-state index is 10.3. The van der Waals surface area contributed by atoms with Gasteiger partial charge >= 0.3 is 0 Å². The Hall–Kier alpha value is -3.45. The topological polar surface area (TPSA) is 65.3 Å². The van der Waals surface area contributed by atoms with E-state index in [-0.39, 0.29) is 11.8 Å². The number of ether oxygens (including phenoxy) is 1. The summed E-state index contributed by atoms with van der Waals surface area (Å²) >= 11 is 0. The van der Waals surface area contributed by atoms with Gasteiger partial charge < -0.3 is 15.2 Å². The number of anilines is 1. The van der Waals surface area contributed by atoms with Crippen LogP contribution in [0, 0.1) is 18.3 Å². The fraction of sp³-hybridized carbons (Fsp3) is 0.208. The number of phenols is 1. The highest BCUT2D eigenvalue weighted by Gasteiger charge is 2.38. The maximum Gasteiger partial charge on any atom is 0.138 e. The first-order valence-corrected chi connectivity index (χ1v) is 9.15. The van der Waals surface area contributed by atoms with Crippen molar-refractivity contribution < 1.29 is 9.84 Å². The molecule has 0 amide bonds. The van der Waals surface area contributed by atoms with Gasteiger partial charge in [0.05, 0.1) is 24.9 Å². The molecule has 0 fully saturated rings. The highest BCUT2D eigenvalue weighted by Crippen LogP contribution is 2.41. The molecule has 0 radical (unpaired) electrons. The van der Waals surface area contributed by atoms with E-state index in [9.17, 15) is 10.4 Å². The largest absolute Gasteiger partial charge is 0.506 e. The number of rotatable bonds is 6. The number of nitriles is 1. The second-order valence-electron chi connectivity index (χ2n) is 7.05. The van der Waals surface area contributed by atoms with E-state index in [0.29, 0.717) is 5.69 Å². The van der Waals surface area contributed by atoms with Gasteiger partial charge in [0.15, 0.2) is 0 Å². The van der Waals surface area contributed by atoms with E-state index >= 15 is 0 Å². The second kappa shape index (κ2) is 8.06. The second-order valence-corrected chi connectivity index (χ2v) is 7.05. The average molecular weight is 372 g/mol. The smallest absolute Gasteiger partial charge is 0.138 e. The van der Waals surface area contributed by atoms with E-state index in [1.807, 2.05) is 80.6 Å². The molecule has 0 aromatic heterocycles. The van der Waals surface area contributed by atoms with Crippen LogP contribution >= 0.6 is 0 Å². The first-order valence-electron chi connectivity index (χ1n) is 9.15. The minimum atomic E-state index is -0.885. The predicted molar refractivity (Wildman–Crippen MR) is 112 cm³/mol. The normalized spacial score (nSPS) is 13.8. The van der Waals surface area contributed by atoms with Crippen molar-refractivity contribution in [2.45, 2.75) is 25.3 Å². The van der Waals surface area contributed by atoms with Crippen LogP contribution in [0.3, 0.4) is 0 Å². The molecule has 2 N–H and O–H groups in total. The monoisotopic (exact) mass is 372 g/mol. The number of benzene rings is 3. The average Bonchev–Trinajstić information content (AvgIpc) is 2.74. The van der Waals surface area contributed by atoms with Crippen LogP contribution < -0.4 is 10.1 Å². The van der Waals surface area contributed by atoms with Crippen LogP contribution in [-0.2, 0) is 5.41 Å². The van der Waals surface area contributed by atoms with Crippen LogP contribution in [0.15, 0.2) is 72.8 Å². The zero-order valence-corrected chi connectivity index (χ0v) is 16.3. The summed E-state index contributed by atoms with van der Waals surface area (Å²) < 4.78 is 5.25. The molecule has 0 heterocycles. The van der Waals surface area contributed by atoms with E-state index in [2.05, 4.69) is 11.4 Å². The van der Waals surface area contributed by atoms with Gasteiger partial charge in [0.25, 0.3) is 0 Å². The van der Waals surface area contributed by atoms with Crippen molar-refractivity contribution in [3.63, 3.8) is 0 Å². The van der Waals surface area contributed by atoms with Crippen molar-refractivity contribution in [2.24, 2.45) is 0 Å². The van der Waals surface area contributed by atoms with E-state index in [1.54, 1.807) is 13.2 Å². The lowest BCUT2D eigenvalue weighted by molar-refractivity contribution is 0.414. The number of nitrogens with zero attached hydrogens (tertiary/aromatic N) is 1. The number of aromatic hydroxyl groups is 1. The first-order chi connectivity index (χ1) is 13.5. The van der Waals surface area contributed by atoms with Gasteiger partial charge in [0.1, 0.15) is 16.9 Å². The summed E-state index contributed by atoms with van der Waals surface area (Å²) in [6, 6.07) is 24.9. The van der Waals surface area contributed by atoms with Crippen LogP contribution in [-0.4, -0.2) is 12.2 Å². The van der Waals surface area contributed by atoms with Crippen LogP contribution in [0.2, 0.25) is 0 Å². The van der Waals surface area contributed by atoms with E-state index in [1.165, 1.54) is 0 Å². The van der Waals surface area contributed by atoms with Crippen molar-refractivity contribution in [2.75, 3.05) is 12.4 Å². The van der Waals surface area contributed by atoms with Crippen molar-refractivity contribution in [1.29, 1.82) is 5.26 Å². The Kier molecular flexibility index (Phi) is 5.56. The minimum Gasteiger partial charge on any atom is -0.506 e. The SMILES string of the molecule is COc1ccc([C@](C)(C#N)[C@H](Nc2cc(C)ccc2O)c2ccccc2)cc1. The summed E-state index contributed by atoms with van der Waals surface area (Å²) in [7, 11) is 1.62. The molecule has 0 saturated carbocycles. The zero-order chi connectivity index (χ0) is 20.1. The third-order valence-electron chi connectivity index (χ3n) is 5.08. The molecule has 0 unspecified atom stereocenters. The molecule has 28 heavy (non-hydrogen) atoms. The molecular formula is C24H24N2O2. The van der Waals surface area contributed by atoms with Gasteiger partial charge in [-0.05, 0) is 54.8 Å². The summed E-state index contributed by atoms with van der Waals surface area (Å²) in [6.45, 7) is 3.88. The molecule has 0 aliphatic heterocycles. The number of methoxy groups -OCH3 is 1. The molecule has 0 aliphatic carbocycles. The standard InChI is InChI=1S/C24H24N2O2/c1-17-9-14-22(27)21(15-17)26-23(18-7-5-4-6-8-18)24(2,16-25)19-10-12-20(28-3)13-11-19/h4-15,23,26-27H,1-3H3/t23-,24+/m1/s1. The summed E-state index contributed by atoms with van der Waals surface area (Å²) in [5.41, 5.74) is 2.57. The van der Waals surface area contributed by atoms with E-state index in [0.717, 1.165) is 22.4 Å². The van der Waals surface area contributed by atoms with Crippen LogP contribution in [0.25, 0.3) is 0 Å². The van der Waals surface area contributed by atoms with Crippen molar-refractivity contribution in [3.8, 4) is 17.6 Å². The lowest BCUT2D eigenvalue weighted by Gasteiger charge is -2.34. The number of hydrogen-bond acceptors (Lipinski definition) is 4. The van der Waals surface area contributed by atoms with Crippen molar-refractivity contribution in [1.82, 2.24) is 0 Å². The first kappa shape index (κ1) is 19.3. The van der Waals surface area contributed by atoms with E-state index in [4.69, 9.17) is 4.74 Å². The lowest BCUT2D eigenvalue weighted by atomic mass is 9.74. The summed E-state index contributed by atoms with van der Waals surface area (Å²) in [4.78, 5) is 0. The molecule has 0 aliphatic rings. The Morgan fingerprint density at radius 2 is 1.71 bits per heavy atom. The van der Waals surface area contributed by atoms with Crippen molar-refractivity contribution in [3.05, 3.63) is 89.5 Å². The predicted octanol–water partition coefficient (Wildman–Crippen LogP) is 5.34. The Morgan fingerprint density at radius 1 is 1.04 bits per heavy atom. The molecule has 0 bridgehead atoms. The van der Waals surface area contributed by atoms with Gasteiger partial charge in [-0.3, -0.25) is 0 Å². The Balaban J connectivity index is 2.11. The fourth-order valence-electron chi connectivity index (χ4n) is 3.36. The van der Waals surface area contributed by atoms with Crippen LogP contribution in [0.5, 0.6) is 11.5 Å². The molecule has 142 valence electrons. The fourth-order valence-corrected chi connectivity index (χ4v) is 3.36. The third-order valence-corrected chi connectivity index (χ3v) is 5.08. The van der Waals surface area contributed by atoms with Crippen LogP contribution in [0.1, 0.15) is 29.7 Å². The van der Waals surface area contributed by atoms with Gasteiger partial charge in [0.2, 0.25) is 0 Å². The molecule has 3 aromatic rings. The molecule has 0 spiro atoms. The Morgan fingerprint density at radius 3 is 2.32 bits per heavy atom. The molecule has 3 rings (SSSR count). The number of phenolic OH excluding ortho intramolecular Hbond substituents is 1. The Labute approximate surface area is 166 Å². The molecule has 0 saturated heterocycles. The molecule has 3 aromatic carbocycles. The highest BCUT2D eigenvalue weighted by atomic mass is 16.5. The van der Waals surface area contributed by atoms with Gasteiger partial charge in [-0.15, -0.1) is 0 Å². The number of nitrogens with one attached hydrogen (secondary N) is 1. The molecule has 2 atom stereocenters. The Bertz CT molecular complexity index is 978. The van der Waals surface area contributed by atoms with Crippen molar-refractivity contribution >= 4 is 5.69 Å². The van der Waals surface area contributed by atoms with Gasteiger partial charge in [0, 0.05) is 0 Å². The highest BCUT2D eigenvalue weighted by molar-refractivity contribution is 5.60. The lowest BCUT2D eigenvalue weighted by Crippen LogP contribution is -2.34. The zero-order valence-electron chi connectivity index (χ0n) is 16.3.